The fourth-order valence-electron chi connectivity index (χ4n) is 12.7. The number of aromatic nitrogens is 6. The highest BCUT2D eigenvalue weighted by atomic mass is 16.5. The zero-order chi connectivity index (χ0) is 60.7. The summed E-state index contributed by atoms with van der Waals surface area (Å²) in [7, 11) is 0. The molecule has 458 valence electrons. The number of aryl methyl sites for hydroxylation is 3. The van der Waals surface area contributed by atoms with Gasteiger partial charge in [0.2, 0.25) is 0 Å². The third-order valence-electron chi connectivity index (χ3n) is 17.7. The van der Waals surface area contributed by atoms with Crippen LogP contribution in [0.1, 0.15) is 141 Å². The number of nitrogens with zero attached hydrogens (tertiary/aromatic N) is 10. The first-order valence-electron chi connectivity index (χ1n) is 30.6. The number of hydrogen-bond donors (Lipinski definition) is 1. The van der Waals surface area contributed by atoms with Crippen LogP contribution in [-0.4, -0.2) is 155 Å². The molecule has 23 heteroatoms. The zero-order valence-electron chi connectivity index (χ0n) is 49.4. The molecule has 0 saturated carbocycles. The quantitative estimate of drug-likeness (QED) is 0.0630. The summed E-state index contributed by atoms with van der Waals surface area (Å²) >= 11 is 0. The zero-order valence-corrected chi connectivity index (χ0v) is 49.4. The fraction of sp³-hybridized carbons (Fsp3) is 0.500. The van der Waals surface area contributed by atoms with E-state index in [-0.39, 0.29) is 54.5 Å². The van der Waals surface area contributed by atoms with Gasteiger partial charge in [0.15, 0.2) is 22.7 Å². The molecule has 0 spiro atoms. The van der Waals surface area contributed by atoms with Crippen LogP contribution in [0.25, 0.3) is 21.9 Å². The molecule has 87 heavy (non-hydrogen) atoms. The number of Topliss-reactive ketones (excluding diaryl/α,β-unsaturated/α-hetero) is 2. The van der Waals surface area contributed by atoms with Crippen molar-refractivity contribution in [1.82, 2.24) is 49.0 Å². The van der Waals surface area contributed by atoms with Gasteiger partial charge in [-0.25, -0.2) is 9.97 Å². The van der Waals surface area contributed by atoms with Crippen LogP contribution in [0.4, 0.5) is 0 Å². The van der Waals surface area contributed by atoms with Gasteiger partial charge in [-0.3, -0.25) is 57.3 Å². The first kappa shape index (κ1) is 60.4. The van der Waals surface area contributed by atoms with Gasteiger partial charge in [-0.2, -0.15) is 0 Å². The lowest BCUT2D eigenvalue weighted by molar-refractivity contribution is -0.141. The smallest absolute Gasteiger partial charge is 0.257 e. The Morgan fingerprint density at radius 1 is 0.575 bits per heavy atom. The molecule has 6 aliphatic rings. The van der Waals surface area contributed by atoms with Crippen molar-refractivity contribution in [3.05, 3.63) is 127 Å². The number of carbonyl (C=O) groups is 6. The van der Waals surface area contributed by atoms with Gasteiger partial charge in [0.1, 0.15) is 29.3 Å². The molecule has 4 aromatic heterocycles. The first-order valence-corrected chi connectivity index (χ1v) is 30.6. The molecule has 1 N–H and O–H groups in total. The summed E-state index contributed by atoms with van der Waals surface area (Å²) in [5.74, 6) is 1.07. The van der Waals surface area contributed by atoms with Crippen LogP contribution in [0.2, 0.25) is 0 Å². The monoisotopic (exact) mass is 1190 g/mol. The predicted molar refractivity (Wildman–Crippen MR) is 317 cm³/mol. The molecule has 1 unspecified atom stereocenters. The molecule has 0 bridgehead atoms. The van der Waals surface area contributed by atoms with Crippen molar-refractivity contribution in [2.45, 2.75) is 141 Å². The number of carbonyl (C=O) groups excluding carboxylic acids is 6. The minimum atomic E-state index is -0.663. The molecule has 10 heterocycles. The summed E-state index contributed by atoms with van der Waals surface area (Å²) < 4.78 is 26.5. The van der Waals surface area contributed by atoms with Crippen molar-refractivity contribution in [2.75, 3.05) is 65.6 Å². The minimum absolute atomic E-state index is 0.0160. The number of ketones is 2. The molecular formula is C64H74N10O13. The standard InChI is InChI=1S/C32H37N5O7.C32H37N5O6/c1-20-24(32(42)36-13-2-5-26(39)31(36)33-20)12-16-35-14-10-21(11-15-35)30-25-7-6-23(18-27(25)44-34-30)43-17-3-4-22(38)19-37-28(40)8-9-29(37)41;1-21-25(32(41)36-14-3-2-6-28(36)33-21)13-17-35-15-11-22(12-16-35)31-26-8-7-24(19-27(26)43-34-31)42-18-4-5-23(38)20-37-29(39)9-10-30(37)40/h6-9,18,21,26,39H,2-5,10-17,19H2,1H3;7-10,19,22H,2-6,11-18,20H2,1H3. The van der Waals surface area contributed by atoms with Crippen LogP contribution in [0.15, 0.2) is 79.3 Å². The Kier molecular flexibility index (Phi) is 18.9. The summed E-state index contributed by atoms with van der Waals surface area (Å²) in [6, 6.07) is 11.3. The number of aliphatic hydroxyl groups excluding tert-OH is 1. The number of fused-ring (bicyclic) bond motifs is 4. The predicted octanol–water partition coefficient (Wildman–Crippen LogP) is 5.70. The van der Waals surface area contributed by atoms with Crippen LogP contribution < -0.4 is 20.6 Å². The second kappa shape index (κ2) is 27.2. The largest absolute Gasteiger partial charge is 0.493 e. The van der Waals surface area contributed by atoms with E-state index in [0.29, 0.717) is 85.5 Å². The highest BCUT2D eigenvalue weighted by Crippen LogP contribution is 2.36. The van der Waals surface area contributed by atoms with Gasteiger partial charge < -0.3 is 33.4 Å². The Bertz CT molecular complexity index is 3750. The molecule has 0 radical (unpaired) electrons. The minimum Gasteiger partial charge on any atom is -0.493 e. The third-order valence-corrected chi connectivity index (χ3v) is 17.7. The van der Waals surface area contributed by atoms with Crippen LogP contribution in [0, 0.1) is 13.8 Å². The van der Waals surface area contributed by atoms with Crippen LogP contribution in [0.3, 0.4) is 0 Å². The number of likely N-dealkylation sites (tertiary alicyclic amines) is 2. The van der Waals surface area contributed by atoms with Crippen molar-refractivity contribution >= 4 is 57.1 Å². The molecule has 2 fully saturated rings. The highest BCUT2D eigenvalue weighted by molar-refractivity contribution is 6.15. The summed E-state index contributed by atoms with van der Waals surface area (Å²) in [5, 5.41) is 21.0. The second-order valence-electron chi connectivity index (χ2n) is 23.5. The van der Waals surface area contributed by atoms with Gasteiger partial charge in [-0.05, 0) is 141 Å². The molecule has 1 atom stereocenters. The number of aliphatic hydroxyl groups is 1. The van der Waals surface area contributed by atoms with Gasteiger partial charge in [0.05, 0.1) is 37.7 Å². The summed E-state index contributed by atoms with van der Waals surface area (Å²) in [6.07, 6.45) is 15.0. The molecule has 2 aromatic carbocycles. The van der Waals surface area contributed by atoms with E-state index in [4.69, 9.17) is 23.5 Å². The molecular weight excluding hydrogens is 1120 g/mol. The number of imide groups is 2. The number of benzene rings is 2. The summed E-state index contributed by atoms with van der Waals surface area (Å²) in [4.78, 5) is 113. The van der Waals surface area contributed by atoms with E-state index in [0.717, 1.165) is 158 Å². The maximum atomic E-state index is 13.1. The van der Waals surface area contributed by atoms with Crippen LogP contribution >= 0.6 is 0 Å². The second-order valence-corrected chi connectivity index (χ2v) is 23.5. The van der Waals surface area contributed by atoms with E-state index >= 15 is 0 Å². The van der Waals surface area contributed by atoms with E-state index in [1.165, 1.54) is 24.3 Å². The Labute approximate surface area is 501 Å². The molecule has 4 amide bonds. The average Bonchev–Trinajstić information content (AvgIpc) is 4.04. The molecule has 6 aliphatic heterocycles. The van der Waals surface area contributed by atoms with E-state index in [9.17, 15) is 43.5 Å². The van der Waals surface area contributed by atoms with Crippen LogP contribution in [-0.2, 0) is 61.1 Å². The SMILES string of the molecule is Cc1nc2n(c(=O)c1CCN1CCC(c3noc4cc(OCCCC(=O)CN5C(=O)C=CC5=O)ccc34)CC1)CCCC2.Cc1nc2n(c(=O)c1CCN1CCC(c3noc4cc(OCCCC(=O)CN5C(=O)C=CC5=O)ccc34)CC1)CCCC2O. The van der Waals surface area contributed by atoms with Gasteiger partial charge >= 0.3 is 0 Å². The Morgan fingerprint density at radius 3 is 1.53 bits per heavy atom. The van der Waals surface area contributed by atoms with Gasteiger partial charge in [-0.15, -0.1) is 0 Å². The Hall–Kier alpha value is -8.28. The van der Waals surface area contributed by atoms with Crippen LogP contribution in [0.5, 0.6) is 11.5 Å². The van der Waals surface area contributed by atoms with E-state index in [2.05, 4.69) is 25.1 Å². The topological polar surface area (TPSA) is 276 Å². The van der Waals surface area contributed by atoms with E-state index in [1.807, 2.05) is 54.8 Å². The lowest BCUT2D eigenvalue weighted by atomic mass is 9.91. The first-order chi connectivity index (χ1) is 42.1. The number of rotatable bonds is 22. The maximum Gasteiger partial charge on any atom is 0.257 e. The average molecular weight is 1190 g/mol. The lowest BCUT2D eigenvalue weighted by Crippen LogP contribution is -2.37. The summed E-state index contributed by atoms with van der Waals surface area (Å²) in [6.45, 7) is 10.7. The molecule has 12 rings (SSSR count). The lowest BCUT2D eigenvalue weighted by Gasteiger charge is -2.31. The molecule has 2 saturated heterocycles. The Balaban J connectivity index is 0.000000180. The number of piperidine rings is 2. The molecule has 0 aliphatic carbocycles. The normalized spacial score (nSPS) is 18.4. The van der Waals surface area contributed by atoms with Crippen molar-refractivity contribution in [3.8, 4) is 11.5 Å². The molecule has 6 aromatic rings. The van der Waals surface area contributed by atoms with Gasteiger partial charge in [-0.1, -0.05) is 10.3 Å². The Morgan fingerprint density at radius 2 is 1.03 bits per heavy atom. The number of hydrogen-bond acceptors (Lipinski definition) is 19. The van der Waals surface area contributed by atoms with Gasteiger partial charge in [0.25, 0.3) is 34.7 Å². The van der Waals surface area contributed by atoms with E-state index < -0.39 is 29.7 Å². The van der Waals surface area contributed by atoms with E-state index in [1.54, 1.807) is 4.57 Å². The van der Waals surface area contributed by atoms with Crippen molar-refractivity contribution in [2.24, 2.45) is 0 Å². The fourth-order valence-corrected chi connectivity index (χ4v) is 12.7. The number of ether oxygens (including phenoxy) is 2. The third kappa shape index (κ3) is 14.0. The maximum absolute atomic E-state index is 13.1. The van der Waals surface area contributed by atoms with Crippen molar-refractivity contribution in [1.29, 1.82) is 0 Å². The van der Waals surface area contributed by atoms with Crippen molar-refractivity contribution in [3.63, 3.8) is 0 Å². The van der Waals surface area contributed by atoms with Crippen molar-refractivity contribution < 1.29 is 52.4 Å². The molecule has 23 nitrogen and oxygen atoms in total. The van der Waals surface area contributed by atoms with Gasteiger partial charge in [0, 0.05) is 127 Å². The summed E-state index contributed by atoms with van der Waals surface area (Å²) in [5.41, 5.74) is 6.56. The number of amides is 4. The highest BCUT2D eigenvalue weighted by Gasteiger charge is 2.31.